The zero-order chi connectivity index (χ0) is 16.1. The Morgan fingerprint density at radius 2 is 1.70 bits per heavy atom. The fourth-order valence-corrected chi connectivity index (χ4v) is 2.77. The third kappa shape index (κ3) is 3.87. The first-order chi connectivity index (χ1) is 11.3. The summed E-state index contributed by atoms with van der Waals surface area (Å²) in [4.78, 5) is 20.9. The number of amides is 1. The van der Waals surface area contributed by atoms with Crippen LogP contribution in [0.5, 0.6) is 5.75 Å². The predicted molar refractivity (Wildman–Crippen MR) is 88.4 cm³/mol. The molecule has 0 atom stereocenters. The highest BCUT2D eigenvalue weighted by atomic mass is 16.5. The quantitative estimate of drug-likeness (QED) is 0.867. The number of carbonyl (C=O) groups is 1. The molecule has 0 unspecified atom stereocenters. The van der Waals surface area contributed by atoms with Crippen LogP contribution in [0.4, 0.5) is 0 Å². The Bertz CT molecular complexity index is 635. The lowest BCUT2D eigenvalue weighted by Crippen LogP contribution is -2.48. The van der Waals surface area contributed by atoms with Crippen molar-refractivity contribution in [2.75, 3.05) is 33.3 Å². The van der Waals surface area contributed by atoms with Crippen LogP contribution in [0.1, 0.15) is 15.9 Å². The van der Waals surface area contributed by atoms with Crippen LogP contribution in [-0.4, -0.2) is 54.0 Å². The van der Waals surface area contributed by atoms with Crippen LogP contribution in [0.2, 0.25) is 0 Å². The van der Waals surface area contributed by atoms with Crippen LogP contribution in [0, 0.1) is 0 Å². The van der Waals surface area contributed by atoms with E-state index in [0.29, 0.717) is 5.56 Å². The van der Waals surface area contributed by atoms with Gasteiger partial charge in [-0.3, -0.25) is 14.7 Å². The normalized spacial score (nSPS) is 15.4. The molecule has 1 aliphatic rings. The lowest BCUT2D eigenvalue weighted by atomic mass is 10.1. The van der Waals surface area contributed by atoms with Gasteiger partial charge >= 0.3 is 0 Å². The second kappa shape index (κ2) is 7.24. The summed E-state index contributed by atoms with van der Waals surface area (Å²) >= 11 is 0. The Balaban J connectivity index is 1.54. The smallest absolute Gasteiger partial charge is 0.253 e. The summed E-state index contributed by atoms with van der Waals surface area (Å²) in [5, 5.41) is 0. The van der Waals surface area contributed by atoms with E-state index in [9.17, 15) is 4.79 Å². The third-order valence-electron chi connectivity index (χ3n) is 4.15. The average Bonchev–Trinajstić information content (AvgIpc) is 2.63. The Morgan fingerprint density at radius 1 is 1.04 bits per heavy atom. The predicted octanol–water partition coefficient (Wildman–Crippen LogP) is 2.05. The summed E-state index contributed by atoms with van der Waals surface area (Å²) in [6.07, 6.45) is 3.64. The van der Waals surface area contributed by atoms with E-state index in [2.05, 4.69) is 9.88 Å². The number of methoxy groups -OCH3 is 1. The van der Waals surface area contributed by atoms with Crippen molar-refractivity contribution in [1.29, 1.82) is 0 Å². The van der Waals surface area contributed by atoms with E-state index in [1.807, 2.05) is 53.7 Å². The van der Waals surface area contributed by atoms with Gasteiger partial charge in [-0.1, -0.05) is 0 Å². The Labute approximate surface area is 136 Å². The first-order valence-corrected chi connectivity index (χ1v) is 7.81. The number of carbonyl (C=O) groups excluding carboxylic acids is 1. The molecule has 2 heterocycles. The maximum Gasteiger partial charge on any atom is 0.253 e. The van der Waals surface area contributed by atoms with E-state index < -0.39 is 0 Å². The summed E-state index contributed by atoms with van der Waals surface area (Å²) in [5.74, 6) is 0.861. The van der Waals surface area contributed by atoms with Crippen LogP contribution in [0.3, 0.4) is 0 Å². The molecular formula is C18H21N3O2. The largest absolute Gasteiger partial charge is 0.497 e. The van der Waals surface area contributed by atoms with Gasteiger partial charge in [0.2, 0.25) is 0 Å². The number of pyridine rings is 1. The molecule has 2 aromatic rings. The number of piperazine rings is 1. The van der Waals surface area contributed by atoms with Crippen molar-refractivity contribution in [2.45, 2.75) is 6.54 Å². The summed E-state index contributed by atoms with van der Waals surface area (Å²) < 4.78 is 5.13. The number of benzene rings is 1. The molecule has 1 aliphatic heterocycles. The molecular weight excluding hydrogens is 290 g/mol. The first kappa shape index (κ1) is 15.5. The lowest BCUT2D eigenvalue weighted by Gasteiger charge is -2.34. The monoisotopic (exact) mass is 311 g/mol. The van der Waals surface area contributed by atoms with Gasteiger partial charge in [0.25, 0.3) is 5.91 Å². The van der Waals surface area contributed by atoms with E-state index in [4.69, 9.17) is 4.74 Å². The van der Waals surface area contributed by atoms with E-state index >= 15 is 0 Å². The van der Waals surface area contributed by atoms with E-state index in [-0.39, 0.29) is 5.91 Å². The highest BCUT2D eigenvalue weighted by Crippen LogP contribution is 2.15. The second-order valence-corrected chi connectivity index (χ2v) is 5.65. The summed E-state index contributed by atoms with van der Waals surface area (Å²) in [6, 6.07) is 11.4. The van der Waals surface area contributed by atoms with Crippen LogP contribution in [-0.2, 0) is 6.54 Å². The van der Waals surface area contributed by atoms with Gasteiger partial charge in [-0.25, -0.2) is 0 Å². The summed E-state index contributed by atoms with van der Waals surface area (Å²) in [7, 11) is 1.62. The van der Waals surface area contributed by atoms with Crippen LogP contribution >= 0.6 is 0 Å². The minimum Gasteiger partial charge on any atom is -0.497 e. The SMILES string of the molecule is COc1ccc(C(=O)N2CCN(Cc3ccncc3)CC2)cc1. The maximum absolute atomic E-state index is 12.5. The fourth-order valence-electron chi connectivity index (χ4n) is 2.77. The fraction of sp³-hybridized carbons (Fsp3) is 0.333. The zero-order valence-corrected chi connectivity index (χ0v) is 13.3. The average molecular weight is 311 g/mol. The van der Waals surface area contributed by atoms with Gasteiger partial charge in [0.05, 0.1) is 7.11 Å². The van der Waals surface area contributed by atoms with Crippen molar-refractivity contribution in [3.05, 3.63) is 59.9 Å². The molecule has 1 aromatic heterocycles. The van der Waals surface area contributed by atoms with Gasteiger partial charge in [-0.2, -0.15) is 0 Å². The zero-order valence-electron chi connectivity index (χ0n) is 13.3. The highest BCUT2D eigenvalue weighted by molar-refractivity contribution is 5.94. The minimum atomic E-state index is 0.0937. The molecule has 0 radical (unpaired) electrons. The molecule has 0 saturated carbocycles. The summed E-state index contributed by atoms with van der Waals surface area (Å²) in [5.41, 5.74) is 1.98. The molecule has 120 valence electrons. The lowest BCUT2D eigenvalue weighted by molar-refractivity contribution is 0.0628. The van der Waals surface area contributed by atoms with Crippen LogP contribution in [0.25, 0.3) is 0 Å². The first-order valence-electron chi connectivity index (χ1n) is 7.81. The van der Waals surface area contributed by atoms with Crippen LogP contribution < -0.4 is 4.74 Å². The third-order valence-corrected chi connectivity index (χ3v) is 4.15. The molecule has 1 saturated heterocycles. The molecule has 1 amide bonds. The van der Waals surface area contributed by atoms with Crippen molar-refractivity contribution in [2.24, 2.45) is 0 Å². The van der Waals surface area contributed by atoms with Gasteiger partial charge in [0, 0.05) is 50.7 Å². The van der Waals surface area contributed by atoms with E-state index in [1.54, 1.807) is 7.11 Å². The van der Waals surface area contributed by atoms with Crippen molar-refractivity contribution < 1.29 is 9.53 Å². The number of hydrogen-bond donors (Lipinski definition) is 0. The van der Waals surface area contributed by atoms with Crippen LogP contribution in [0.15, 0.2) is 48.8 Å². The molecule has 0 bridgehead atoms. The maximum atomic E-state index is 12.5. The standard InChI is InChI=1S/C18H21N3O2/c1-23-17-4-2-16(3-5-17)18(22)21-12-10-20(11-13-21)14-15-6-8-19-9-7-15/h2-9H,10-14H2,1H3. The number of ether oxygens (including phenoxy) is 1. The highest BCUT2D eigenvalue weighted by Gasteiger charge is 2.22. The molecule has 5 heteroatoms. The van der Waals surface area contributed by atoms with Crippen molar-refractivity contribution in [3.8, 4) is 5.75 Å². The van der Waals surface area contributed by atoms with Gasteiger partial charge in [-0.05, 0) is 42.0 Å². The van der Waals surface area contributed by atoms with Crippen molar-refractivity contribution in [1.82, 2.24) is 14.8 Å². The molecule has 0 aliphatic carbocycles. The topological polar surface area (TPSA) is 45.7 Å². The number of aromatic nitrogens is 1. The van der Waals surface area contributed by atoms with Gasteiger partial charge < -0.3 is 9.64 Å². The molecule has 23 heavy (non-hydrogen) atoms. The molecule has 0 N–H and O–H groups in total. The number of hydrogen-bond acceptors (Lipinski definition) is 4. The Kier molecular flexibility index (Phi) is 4.88. The molecule has 0 spiro atoms. The van der Waals surface area contributed by atoms with Crippen molar-refractivity contribution >= 4 is 5.91 Å². The molecule has 1 fully saturated rings. The van der Waals surface area contributed by atoms with Gasteiger partial charge in [0.1, 0.15) is 5.75 Å². The minimum absolute atomic E-state index is 0.0937. The second-order valence-electron chi connectivity index (χ2n) is 5.65. The number of rotatable bonds is 4. The Hall–Kier alpha value is -2.40. The molecule has 5 nitrogen and oxygen atoms in total. The molecule has 1 aromatic carbocycles. The van der Waals surface area contributed by atoms with E-state index in [0.717, 1.165) is 38.5 Å². The van der Waals surface area contributed by atoms with Crippen molar-refractivity contribution in [3.63, 3.8) is 0 Å². The van der Waals surface area contributed by atoms with Gasteiger partial charge in [0.15, 0.2) is 0 Å². The number of nitrogens with zero attached hydrogens (tertiary/aromatic N) is 3. The Morgan fingerprint density at radius 3 is 2.30 bits per heavy atom. The van der Waals surface area contributed by atoms with E-state index in [1.165, 1.54) is 5.56 Å². The molecule has 3 rings (SSSR count). The van der Waals surface area contributed by atoms with Gasteiger partial charge in [-0.15, -0.1) is 0 Å². The summed E-state index contributed by atoms with van der Waals surface area (Å²) in [6.45, 7) is 4.22.